The van der Waals surface area contributed by atoms with Crippen LogP contribution in [0.25, 0.3) is 0 Å². The number of hydrogen-bond acceptors (Lipinski definition) is 5. The molecule has 0 fully saturated rings. The van der Waals surface area contributed by atoms with Crippen LogP contribution in [0.4, 0.5) is 5.82 Å². The SMILES string of the molecule is CCCOCCCNc1nnc(CC)c(CC)c1C#N. The van der Waals surface area contributed by atoms with Crippen LogP contribution in [0.5, 0.6) is 0 Å². The van der Waals surface area contributed by atoms with Crippen LogP contribution in [0.2, 0.25) is 0 Å². The number of nitrogens with one attached hydrogen (secondary N) is 1. The lowest BCUT2D eigenvalue weighted by atomic mass is 10.0. The van der Waals surface area contributed by atoms with Gasteiger partial charge < -0.3 is 10.1 Å². The number of aromatic nitrogens is 2. The van der Waals surface area contributed by atoms with Gasteiger partial charge in [0.25, 0.3) is 0 Å². The minimum absolute atomic E-state index is 0.594. The topological polar surface area (TPSA) is 70.8 Å². The van der Waals surface area contributed by atoms with Crippen LogP contribution >= 0.6 is 0 Å². The van der Waals surface area contributed by atoms with Gasteiger partial charge in [0.1, 0.15) is 11.6 Å². The molecule has 1 aromatic rings. The standard InChI is InChI=1S/C15H24N4O/c1-4-9-20-10-7-8-17-15-13(11-16)12(5-2)14(6-3)18-19-15/h4-10H2,1-3H3,(H,17,19). The Kier molecular flexibility index (Phi) is 7.59. The fourth-order valence-electron chi connectivity index (χ4n) is 2.04. The summed E-state index contributed by atoms with van der Waals surface area (Å²) in [5.74, 6) is 0.594. The molecule has 0 saturated heterocycles. The summed E-state index contributed by atoms with van der Waals surface area (Å²) in [6, 6.07) is 2.25. The van der Waals surface area contributed by atoms with Crippen molar-refractivity contribution in [3.8, 4) is 6.07 Å². The molecule has 1 N–H and O–H groups in total. The summed E-state index contributed by atoms with van der Waals surface area (Å²) in [5, 5.41) is 20.9. The first-order valence-corrected chi connectivity index (χ1v) is 7.38. The number of nitrogens with zero attached hydrogens (tertiary/aromatic N) is 3. The molecule has 20 heavy (non-hydrogen) atoms. The second-order valence-electron chi connectivity index (χ2n) is 4.56. The highest BCUT2D eigenvalue weighted by Gasteiger charge is 2.13. The van der Waals surface area contributed by atoms with E-state index in [4.69, 9.17) is 4.74 Å². The maximum atomic E-state index is 9.34. The number of rotatable bonds is 9. The monoisotopic (exact) mass is 276 g/mol. The Balaban J connectivity index is 2.64. The molecule has 0 aliphatic rings. The molecule has 5 nitrogen and oxygen atoms in total. The highest BCUT2D eigenvalue weighted by molar-refractivity contribution is 5.56. The molecule has 0 aliphatic carbocycles. The molecule has 0 aliphatic heterocycles. The van der Waals surface area contributed by atoms with Gasteiger partial charge in [0.15, 0.2) is 5.82 Å². The molecule has 0 aromatic carbocycles. The number of ether oxygens (including phenoxy) is 1. The lowest BCUT2D eigenvalue weighted by molar-refractivity contribution is 0.134. The van der Waals surface area contributed by atoms with E-state index in [1.54, 1.807) is 0 Å². The highest BCUT2D eigenvalue weighted by Crippen LogP contribution is 2.19. The van der Waals surface area contributed by atoms with Crippen molar-refractivity contribution in [2.75, 3.05) is 25.1 Å². The van der Waals surface area contributed by atoms with Crippen molar-refractivity contribution in [2.45, 2.75) is 46.5 Å². The molecular formula is C15H24N4O. The molecule has 5 heteroatoms. The van der Waals surface area contributed by atoms with E-state index in [0.29, 0.717) is 11.4 Å². The second kappa shape index (κ2) is 9.27. The Bertz CT molecular complexity index is 454. The van der Waals surface area contributed by atoms with E-state index in [0.717, 1.165) is 56.7 Å². The van der Waals surface area contributed by atoms with Gasteiger partial charge in [-0.1, -0.05) is 20.8 Å². The summed E-state index contributed by atoms with van der Waals surface area (Å²) < 4.78 is 5.42. The molecule has 1 rings (SSSR count). The van der Waals surface area contributed by atoms with Crippen molar-refractivity contribution < 1.29 is 4.74 Å². The molecule has 110 valence electrons. The molecule has 0 unspecified atom stereocenters. The van der Waals surface area contributed by atoms with E-state index in [9.17, 15) is 5.26 Å². The van der Waals surface area contributed by atoms with Crippen molar-refractivity contribution in [2.24, 2.45) is 0 Å². The average molecular weight is 276 g/mol. The van der Waals surface area contributed by atoms with E-state index in [1.165, 1.54) is 0 Å². The Hall–Kier alpha value is -1.67. The molecule has 0 bridgehead atoms. The minimum atomic E-state index is 0.594. The third-order valence-corrected chi connectivity index (χ3v) is 3.06. The molecule has 1 aromatic heterocycles. The van der Waals surface area contributed by atoms with E-state index in [2.05, 4.69) is 28.5 Å². The zero-order valence-corrected chi connectivity index (χ0v) is 12.7. The van der Waals surface area contributed by atoms with Crippen molar-refractivity contribution in [3.63, 3.8) is 0 Å². The van der Waals surface area contributed by atoms with Crippen LogP contribution in [0.1, 0.15) is 50.4 Å². The van der Waals surface area contributed by atoms with Gasteiger partial charge in [-0.05, 0) is 31.2 Å². The molecule has 0 radical (unpaired) electrons. The van der Waals surface area contributed by atoms with Gasteiger partial charge in [-0.25, -0.2) is 0 Å². The summed E-state index contributed by atoms with van der Waals surface area (Å²) in [4.78, 5) is 0. The third-order valence-electron chi connectivity index (χ3n) is 3.06. The molecule has 0 saturated carbocycles. The third kappa shape index (κ3) is 4.46. The summed E-state index contributed by atoms with van der Waals surface area (Å²) >= 11 is 0. The first-order chi connectivity index (χ1) is 9.78. The Morgan fingerprint density at radius 3 is 2.55 bits per heavy atom. The maximum absolute atomic E-state index is 9.34. The highest BCUT2D eigenvalue weighted by atomic mass is 16.5. The largest absolute Gasteiger partial charge is 0.381 e. The zero-order chi connectivity index (χ0) is 14.8. The summed E-state index contributed by atoms with van der Waals surface area (Å²) in [7, 11) is 0. The molecule has 1 heterocycles. The Morgan fingerprint density at radius 1 is 1.15 bits per heavy atom. The van der Waals surface area contributed by atoms with Gasteiger partial charge in [-0.15, -0.1) is 5.10 Å². The van der Waals surface area contributed by atoms with E-state index in [1.807, 2.05) is 13.8 Å². The predicted octanol–water partition coefficient (Wildman–Crippen LogP) is 2.70. The lowest BCUT2D eigenvalue weighted by Crippen LogP contribution is -2.12. The van der Waals surface area contributed by atoms with Gasteiger partial charge in [0.05, 0.1) is 5.69 Å². The van der Waals surface area contributed by atoms with Gasteiger partial charge in [-0.2, -0.15) is 10.4 Å². The first kappa shape index (κ1) is 16.4. The van der Waals surface area contributed by atoms with Crippen LogP contribution < -0.4 is 5.32 Å². The maximum Gasteiger partial charge on any atom is 0.166 e. The zero-order valence-electron chi connectivity index (χ0n) is 12.7. The first-order valence-electron chi connectivity index (χ1n) is 7.38. The normalized spacial score (nSPS) is 10.3. The van der Waals surface area contributed by atoms with Crippen molar-refractivity contribution in [1.82, 2.24) is 10.2 Å². The smallest absolute Gasteiger partial charge is 0.166 e. The fourth-order valence-corrected chi connectivity index (χ4v) is 2.04. The number of aryl methyl sites for hydroxylation is 1. The summed E-state index contributed by atoms with van der Waals surface area (Å²) in [6.45, 7) is 8.43. The number of anilines is 1. The van der Waals surface area contributed by atoms with E-state index < -0.39 is 0 Å². The van der Waals surface area contributed by atoms with E-state index >= 15 is 0 Å². The van der Waals surface area contributed by atoms with Crippen LogP contribution in [0.3, 0.4) is 0 Å². The Labute approximate surface area is 121 Å². The fraction of sp³-hybridized carbons (Fsp3) is 0.667. The average Bonchev–Trinajstić information content (AvgIpc) is 2.49. The number of nitriles is 1. The summed E-state index contributed by atoms with van der Waals surface area (Å²) in [6.07, 6.45) is 3.53. The molecule has 0 spiro atoms. The van der Waals surface area contributed by atoms with Crippen molar-refractivity contribution in [3.05, 3.63) is 16.8 Å². The Morgan fingerprint density at radius 2 is 1.95 bits per heavy atom. The predicted molar refractivity (Wildman–Crippen MR) is 79.7 cm³/mol. The minimum Gasteiger partial charge on any atom is -0.381 e. The number of hydrogen-bond donors (Lipinski definition) is 1. The molecular weight excluding hydrogens is 252 g/mol. The second-order valence-corrected chi connectivity index (χ2v) is 4.56. The van der Waals surface area contributed by atoms with E-state index in [-0.39, 0.29) is 0 Å². The van der Waals surface area contributed by atoms with Gasteiger partial charge in [0, 0.05) is 19.8 Å². The van der Waals surface area contributed by atoms with Crippen LogP contribution in [0, 0.1) is 11.3 Å². The van der Waals surface area contributed by atoms with Crippen LogP contribution in [-0.2, 0) is 17.6 Å². The van der Waals surface area contributed by atoms with Crippen molar-refractivity contribution in [1.29, 1.82) is 5.26 Å². The van der Waals surface area contributed by atoms with Crippen molar-refractivity contribution >= 4 is 5.82 Å². The van der Waals surface area contributed by atoms with Crippen LogP contribution in [0.15, 0.2) is 0 Å². The summed E-state index contributed by atoms with van der Waals surface area (Å²) in [5.41, 5.74) is 2.56. The molecule has 0 atom stereocenters. The van der Waals surface area contributed by atoms with Gasteiger partial charge in [-0.3, -0.25) is 0 Å². The van der Waals surface area contributed by atoms with Gasteiger partial charge in [0.2, 0.25) is 0 Å². The quantitative estimate of drug-likeness (QED) is 0.702. The van der Waals surface area contributed by atoms with Gasteiger partial charge >= 0.3 is 0 Å². The lowest BCUT2D eigenvalue weighted by Gasteiger charge is -2.11. The van der Waals surface area contributed by atoms with Crippen LogP contribution in [-0.4, -0.2) is 30.0 Å². The molecule has 0 amide bonds.